The molecule has 20 heavy (non-hydrogen) atoms. The highest BCUT2D eigenvalue weighted by Crippen LogP contribution is 2.31. The Labute approximate surface area is 120 Å². The SMILES string of the molecule is O=[N+]([O-])c1cc(Br)c(F)cc1-n1cnc2ccccc21. The molecule has 0 unspecified atom stereocenters. The Hall–Kier alpha value is -2.28. The minimum Gasteiger partial charge on any atom is -0.292 e. The Morgan fingerprint density at radius 1 is 1.30 bits per heavy atom. The molecule has 2 aromatic carbocycles. The first-order valence-electron chi connectivity index (χ1n) is 5.64. The highest BCUT2D eigenvalue weighted by atomic mass is 79.9. The summed E-state index contributed by atoms with van der Waals surface area (Å²) in [7, 11) is 0. The molecule has 0 aliphatic heterocycles. The van der Waals surface area contributed by atoms with Crippen molar-refractivity contribution in [1.82, 2.24) is 9.55 Å². The van der Waals surface area contributed by atoms with Gasteiger partial charge in [0.25, 0.3) is 5.69 Å². The van der Waals surface area contributed by atoms with Gasteiger partial charge in [-0.05, 0) is 28.1 Å². The summed E-state index contributed by atoms with van der Waals surface area (Å²) in [5.74, 6) is -0.566. The summed E-state index contributed by atoms with van der Waals surface area (Å²) in [6, 6.07) is 9.44. The number of aromatic nitrogens is 2. The largest absolute Gasteiger partial charge is 0.294 e. The number of hydrogen-bond donors (Lipinski definition) is 0. The lowest BCUT2D eigenvalue weighted by Crippen LogP contribution is -2.00. The lowest BCUT2D eigenvalue weighted by molar-refractivity contribution is -0.384. The maximum atomic E-state index is 13.7. The third-order valence-electron chi connectivity index (χ3n) is 2.93. The van der Waals surface area contributed by atoms with Crippen LogP contribution in [0.25, 0.3) is 16.7 Å². The number of rotatable bonds is 2. The Morgan fingerprint density at radius 2 is 2.05 bits per heavy atom. The average Bonchev–Trinajstić information content (AvgIpc) is 2.85. The third kappa shape index (κ3) is 1.96. The summed E-state index contributed by atoms with van der Waals surface area (Å²) in [5, 5.41) is 11.1. The summed E-state index contributed by atoms with van der Waals surface area (Å²) in [4.78, 5) is 14.8. The molecule has 100 valence electrons. The molecule has 0 N–H and O–H groups in total. The van der Waals surface area contributed by atoms with Crippen molar-refractivity contribution in [3.05, 3.63) is 63.1 Å². The number of nitro groups is 1. The van der Waals surface area contributed by atoms with Crippen LogP contribution in [0.15, 0.2) is 47.2 Å². The van der Waals surface area contributed by atoms with Gasteiger partial charge < -0.3 is 0 Å². The van der Waals surface area contributed by atoms with E-state index in [0.29, 0.717) is 11.0 Å². The van der Waals surface area contributed by atoms with E-state index in [1.165, 1.54) is 10.9 Å². The maximum absolute atomic E-state index is 13.7. The minimum absolute atomic E-state index is 0.0531. The number of fused-ring (bicyclic) bond motifs is 1. The van der Waals surface area contributed by atoms with Gasteiger partial charge >= 0.3 is 0 Å². The quantitative estimate of drug-likeness (QED) is 0.528. The van der Waals surface area contributed by atoms with Gasteiger partial charge in [-0.2, -0.15) is 0 Å². The van der Waals surface area contributed by atoms with Gasteiger partial charge in [0.2, 0.25) is 0 Å². The van der Waals surface area contributed by atoms with Crippen LogP contribution < -0.4 is 0 Å². The van der Waals surface area contributed by atoms with Crippen LogP contribution in [0.2, 0.25) is 0 Å². The first-order chi connectivity index (χ1) is 9.58. The van der Waals surface area contributed by atoms with E-state index >= 15 is 0 Å². The van der Waals surface area contributed by atoms with Gasteiger partial charge in [-0.1, -0.05) is 12.1 Å². The van der Waals surface area contributed by atoms with Crippen molar-refractivity contribution < 1.29 is 9.31 Å². The molecule has 0 saturated heterocycles. The normalized spacial score (nSPS) is 10.9. The second-order valence-electron chi connectivity index (χ2n) is 4.12. The standard InChI is InChI=1S/C13H7BrFN3O2/c14-8-5-13(18(19)20)12(6-9(8)15)17-7-16-10-3-1-2-4-11(10)17/h1-7H. The monoisotopic (exact) mass is 335 g/mol. The van der Waals surface area contributed by atoms with Gasteiger partial charge in [0.1, 0.15) is 17.8 Å². The van der Waals surface area contributed by atoms with Crippen molar-refractivity contribution in [2.24, 2.45) is 0 Å². The van der Waals surface area contributed by atoms with Crippen molar-refractivity contribution in [3.63, 3.8) is 0 Å². The van der Waals surface area contributed by atoms with Crippen LogP contribution in [-0.2, 0) is 0 Å². The highest BCUT2D eigenvalue weighted by molar-refractivity contribution is 9.10. The zero-order valence-electron chi connectivity index (χ0n) is 9.96. The molecule has 1 aromatic heterocycles. The van der Waals surface area contributed by atoms with Crippen LogP contribution in [0.1, 0.15) is 0 Å². The molecular weight excluding hydrogens is 329 g/mol. The Morgan fingerprint density at radius 3 is 2.80 bits per heavy atom. The van der Waals surface area contributed by atoms with E-state index in [1.54, 1.807) is 18.2 Å². The predicted octanol–water partition coefficient (Wildman–Crippen LogP) is 3.84. The first kappa shape index (κ1) is 12.7. The Balaban J connectivity index is 2.34. The summed E-state index contributed by atoms with van der Waals surface area (Å²) in [6.07, 6.45) is 1.44. The number of nitrogens with zero attached hydrogens (tertiary/aromatic N) is 3. The van der Waals surface area contributed by atoms with Crippen LogP contribution in [0.3, 0.4) is 0 Å². The molecule has 0 atom stereocenters. The molecule has 0 radical (unpaired) electrons. The van der Waals surface area contributed by atoms with Crippen molar-refractivity contribution in [1.29, 1.82) is 0 Å². The molecule has 0 saturated carbocycles. The predicted molar refractivity (Wildman–Crippen MR) is 75.4 cm³/mol. The summed E-state index contributed by atoms with van der Waals surface area (Å²) >= 11 is 2.96. The average molecular weight is 336 g/mol. The van der Waals surface area contributed by atoms with E-state index in [0.717, 1.165) is 12.1 Å². The fourth-order valence-electron chi connectivity index (χ4n) is 2.02. The number of para-hydroxylation sites is 2. The molecule has 3 rings (SSSR count). The van der Waals surface area contributed by atoms with Crippen LogP contribution in [0.5, 0.6) is 0 Å². The lowest BCUT2D eigenvalue weighted by atomic mass is 10.2. The summed E-state index contributed by atoms with van der Waals surface area (Å²) < 4.78 is 15.3. The van der Waals surface area contributed by atoms with Crippen LogP contribution >= 0.6 is 15.9 Å². The lowest BCUT2D eigenvalue weighted by Gasteiger charge is -2.06. The molecule has 0 aliphatic rings. The van der Waals surface area contributed by atoms with E-state index in [1.807, 2.05) is 6.07 Å². The molecule has 7 heteroatoms. The molecule has 5 nitrogen and oxygen atoms in total. The summed E-state index contributed by atoms with van der Waals surface area (Å²) in [5.41, 5.74) is 1.31. The molecule has 0 bridgehead atoms. The number of hydrogen-bond acceptors (Lipinski definition) is 3. The van der Waals surface area contributed by atoms with E-state index in [9.17, 15) is 14.5 Å². The van der Waals surface area contributed by atoms with Gasteiger partial charge in [0.05, 0.1) is 20.4 Å². The van der Waals surface area contributed by atoms with E-state index in [2.05, 4.69) is 20.9 Å². The van der Waals surface area contributed by atoms with Gasteiger partial charge in [-0.15, -0.1) is 0 Å². The first-order valence-corrected chi connectivity index (χ1v) is 6.43. The molecule has 3 aromatic rings. The number of benzene rings is 2. The maximum Gasteiger partial charge on any atom is 0.294 e. The molecule has 0 spiro atoms. The molecule has 0 fully saturated rings. The molecule has 0 amide bonds. The molecular formula is C13H7BrFN3O2. The number of nitro benzene ring substituents is 1. The van der Waals surface area contributed by atoms with Gasteiger partial charge in [0.15, 0.2) is 0 Å². The van der Waals surface area contributed by atoms with Crippen molar-refractivity contribution >= 4 is 32.7 Å². The van der Waals surface area contributed by atoms with Crippen molar-refractivity contribution in [3.8, 4) is 5.69 Å². The van der Waals surface area contributed by atoms with Crippen molar-refractivity contribution in [2.75, 3.05) is 0 Å². The zero-order valence-corrected chi connectivity index (χ0v) is 11.5. The smallest absolute Gasteiger partial charge is 0.292 e. The van der Waals surface area contributed by atoms with Crippen LogP contribution in [0, 0.1) is 15.9 Å². The summed E-state index contributed by atoms with van der Waals surface area (Å²) in [6.45, 7) is 0. The topological polar surface area (TPSA) is 61.0 Å². The molecule has 1 heterocycles. The minimum atomic E-state index is -0.566. The fraction of sp³-hybridized carbons (Fsp3) is 0. The highest BCUT2D eigenvalue weighted by Gasteiger charge is 2.20. The zero-order chi connectivity index (χ0) is 14.3. The van der Waals surface area contributed by atoms with Gasteiger partial charge in [-0.25, -0.2) is 9.37 Å². The Kier molecular flexibility index (Phi) is 2.98. The number of halogens is 2. The van der Waals surface area contributed by atoms with Crippen LogP contribution in [0.4, 0.5) is 10.1 Å². The second-order valence-corrected chi connectivity index (χ2v) is 4.97. The van der Waals surface area contributed by atoms with Gasteiger partial charge in [-0.3, -0.25) is 14.7 Å². The van der Waals surface area contributed by atoms with Crippen LogP contribution in [-0.4, -0.2) is 14.5 Å². The Bertz CT molecular complexity index is 832. The number of imidazole rings is 1. The van der Waals surface area contributed by atoms with E-state index in [-0.39, 0.29) is 15.8 Å². The van der Waals surface area contributed by atoms with E-state index in [4.69, 9.17) is 0 Å². The van der Waals surface area contributed by atoms with Crippen molar-refractivity contribution in [2.45, 2.75) is 0 Å². The fourth-order valence-corrected chi connectivity index (χ4v) is 2.35. The third-order valence-corrected chi connectivity index (χ3v) is 3.53. The van der Waals surface area contributed by atoms with Gasteiger partial charge in [0, 0.05) is 12.1 Å². The van der Waals surface area contributed by atoms with E-state index < -0.39 is 10.7 Å². The molecule has 0 aliphatic carbocycles. The second kappa shape index (κ2) is 4.68.